The minimum atomic E-state index is -3.89. The zero-order valence-corrected chi connectivity index (χ0v) is 17.7. The molecule has 0 fully saturated rings. The van der Waals surface area contributed by atoms with Gasteiger partial charge in [0.25, 0.3) is 10.0 Å². The number of halogens is 1. The fourth-order valence-corrected chi connectivity index (χ4v) is 5.34. The second kappa shape index (κ2) is 7.52. The molecule has 0 unspecified atom stereocenters. The summed E-state index contributed by atoms with van der Waals surface area (Å²) in [5.74, 6) is 0.487. The van der Waals surface area contributed by atoms with E-state index >= 15 is 0 Å². The van der Waals surface area contributed by atoms with Gasteiger partial charge in [0.2, 0.25) is 5.91 Å². The number of ether oxygens (including phenoxy) is 1. The maximum absolute atomic E-state index is 13.1. The number of fused-ring (bicyclic) bond motifs is 1. The van der Waals surface area contributed by atoms with Crippen molar-refractivity contribution < 1.29 is 17.9 Å². The SMILES string of the molecule is CCOc1ccc(NS(=O)(=O)c2cc(Br)cc3c2N(C(C)=O)[C@@H](C)C3)cc1. The molecule has 1 heterocycles. The highest BCUT2D eigenvalue weighted by molar-refractivity contribution is 9.10. The Morgan fingerprint density at radius 2 is 1.96 bits per heavy atom. The van der Waals surface area contributed by atoms with Crippen LogP contribution in [-0.4, -0.2) is 27.0 Å². The molecule has 144 valence electrons. The summed E-state index contributed by atoms with van der Waals surface area (Å²) in [6.07, 6.45) is 0.611. The van der Waals surface area contributed by atoms with Gasteiger partial charge in [0.15, 0.2) is 0 Å². The van der Waals surface area contributed by atoms with E-state index < -0.39 is 10.0 Å². The minimum Gasteiger partial charge on any atom is -0.494 e. The van der Waals surface area contributed by atoms with E-state index in [1.54, 1.807) is 29.2 Å². The summed E-state index contributed by atoms with van der Waals surface area (Å²) in [6.45, 7) is 5.77. The molecule has 1 aliphatic heterocycles. The highest BCUT2D eigenvalue weighted by Gasteiger charge is 2.35. The van der Waals surface area contributed by atoms with Crippen molar-refractivity contribution in [3.8, 4) is 5.75 Å². The molecule has 0 spiro atoms. The van der Waals surface area contributed by atoms with Gasteiger partial charge in [0.05, 0.1) is 12.3 Å². The topological polar surface area (TPSA) is 75.7 Å². The maximum Gasteiger partial charge on any atom is 0.264 e. The van der Waals surface area contributed by atoms with Gasteiger partial charge in [0.1, 0.15) is 10.6 Å². The summed E-state index contributed by atoms with van der Waals surface area (Å²) in [7, 11) is -3.89. The number of hydrogen-bond acceptors (Lipinski definition) is 4. The zero-order valence-electron chi connectivity index (χ0n) is 15.3. The molecule has 2 aromatic carbocycles. The van der Waals surface area contributed by atoms with Crippen LogP contribution in [0.1, 0.15) is 26.3 Å². The maximum atomic E-state index is 13.1. The Labute approximate surface area is 167 Å². The first kappa shape index (κ1) is 19.7. The third-order valence-corrected chi connectivity index (χ3v) is 6.21. The van der Waals surface area contributed by atoms with Crippen molar-refractivity contribution in [1.29, 1.82) is 0 Å². The van der Waals surface area contributed by atoms with Gasteiger partial charge in [-0.2, -0.15) is 0 Å². The van der Waals surface area contributed by atoms with Gasteiger partial charge in [-0.15, -0.1) is 0 Å². The molecule has 8 heteroatoms. The minimum absolute atomic E-state index is 0.0836. The number of carbonyl (C=O) groups excluding carboxylic acids is 1. The first-order valence-corrected chi connectivity index (χ1v) is 10.9. The van der Waals surface area contributed by atoms with Crippen LogP contribution in [0.2, 0.25) is 0 Å². The predicted octanol–water partition coefficient (Wildman–Crippen LogP) is 3.95. The van der Waals surface area contributed by atoms with Crippen molar-refractivity contribution in [3.63, 3.8) is 0 Å². The van der Waals surface area contributed by atoms with E-state index in [0.717, 1.165) is 5.56 Å². The molecule has 0 radical (unpaired) electrons. The van der Waals surface area contributed by atoms with Crippen LogP contribution in [0, 0.1) is 0 Å². The largest absolute Gasteiger partial charge is 0.494 e. The smallest absolute Gasteiger partial charge is 0.264 e. The van der Waals surface area contributed by atoms with Crippen LogP contribution in [-0.2, 0) is 21.2 Å². The van der Waals surface area contributed by atoms with Crippen LogP contribution in [0.3, 0.4) is 0 Å². The predicted molar refractivity (Wildman–Crippen MR) is 109 cm³/mol. The average molecular weight is 453 g/mol. The second-order valence-electron chi connectivity index (χ2n) is 6.42. The van der Waals surface area contributed by atoms with Crippen molar-refractivity contribution in [2.24, 2.45) is 0 Å². The Morgan fingerprint density at radius 1 is 1.30 bits per heavy atom. The standard InChI is InChI=1S/C19H21BrN2O4S/c1-4-26-17-7-5-16(6-8-17)21-27(24,25)18-11-15(20)10-14-9-12(2)22(13(3)23)19(14)18/h5-8,10-12,21H,4,9H2,1-3H3/t12-/m0/s1. The van der Waals surface area contributed by atoms with Crippen LogP contribution >= 0.6 is 15.9 Å². The first-order chi connectivity index (χ1) is 12.7. The quantitative estimate of drug-likeness (QED) is 0.744. The van der Waals surface area contributed by atoms with Gasteiger partial charge < -0.3 is 9.64 Å². The van der Waals surface area contributed by atoms with E-state index in [2.05, 4.69) is 20.7 Å². The van der Waals surface area contributed by atoms with E-state index in [-0.39, 0.29) is 16.8 Å². The summed E-state index contributed by atoms with van der Waals surface area (Å²) >= 11 is 3.39. The van der Waals surface area contributed by atoms with Crippen molar-refractivity contribution in [3.05, 3.63) is 46.4 Å². The number of hydrogen-bond donors (Lipinski definition) is 1. The average Bonchev–Trinajstić information content (AvgIpc) is 2.91. The van der Waals surface area contributed by atoms with E-state index in [1.807, 2.05) is 19.9 Å². The van der Waals surface area contributed by atoms with Gasteiger partial charge in [-0.3, -0.25) is 9.52 Å². The van der Waals surface area contributed by atoms with Crippen LogP contribution in [0.25, 0.3) is 0 Å². The summed E-state index contributed by atoms with van der Waals surface area (Å²) in [4.78, 5) is 13.8. The number of amides is 1. The van der Waals surface area contributed by atoms with Crippen LogP contribution in [0.5, 0.6) is 5.75 Å². The molecule has 1 atom stereocenters. The lowest BCUT2D eigenvalue weighted by Crippen LogP contribution is -2.34. The summed E-state index contributed by atoms with van der Waals surface area (Å²) in [5, 5.41) is 0. The summed E-state index contributed by atoms with van der Waals surface area (Å²) in [5.41, 5.74) is 1.71. The van der Waals surface area contributed by atoms with Crippen molar-refractivity contribution in [1.82, 2.24) is 0 Å². The Balaban J connectivity index is 2.01. The van der Waals surface area contributed by atoms with Crippen molar-refractivity contribution in [2.75, 3.05) is 16.2 Å². The second-order valence-corrected chi connectivity index (χ2v) is 8.98. The fraction of sp³-hybridized carbons (Fsp3) is 0.316. The third kappa shape index (κ3) is 3.96. The number of sulfonamides is 1. The highest BCUT2D eigenvalue weighted by Crippen LogP contribution is 2.40. The molecule has 0 aromatic heterocycles. The molecule has 0 saturated heterocycles. The molecule has 6 nitrogen and oxygen atoms in total. The Morgan fingerprint density at radius 3 is 2.56 bits per heavy atom. The molecule has 0 aliphatic carbocycles. The zero-order chi connectivity index (χ0) is 19.8. The van der Waals surface area contributed by atoms with E-state index in [4.69, 9.17) is 4.74 Å². The Bertz CT molecular complexity index is 974. The van der Waals surface area contributed by atoms with Crippen LogP contribution in [0.15, 0.2) is 45.8 Å². The van der Waals surface area contributed by atoms with E-state index in [0.29, 0.717) is 34.6 Å². The lowest BCUT2D eigenvalue weighted by Gasteiger charge is -2.23. The van der Waals surface area contributed by atoms with Gasteiger partial charge in [-0.25, -0.2) is 8.42 Å². The third-order valence-electron chi connectivity index (χ3n) is 4.36. The van der Waals surface area contributed by atoms with E-state index in [9.17, 15) is 13.2 Å². The monoisotopic (exact) mass is 452 g/mol. The number of carbonyl (C=O) groups is 1. The Kier molecular flexibility index (Phi) is 5.48. The number of nitrogens with zero attached hydrogens (tertiary/aromatic N) is 1. The Hall–Kier alpha value is -2.06. The number of benzene rings is 2. The molecule has 1 N–H and O–H groups in total. The summed E-state index contributed by atoms with van der Waals surface area (Å²) < 4.78 is 34.8. The number of anilines is 2. The van der Waals surface area contributed by atoms with Crippen molar-refractivity contribution in [2.45, 2.75) is 38.1 Å². The molecular weight excluding hydrogens is 432 g/mol. The molecule has 2 aromatic rings. The van der Waals surface area contributed by atoms with Gasteiger partial charge >= 0.3 is 0 Å². The molecule has 0 saturated carbocycles. The molecule has 0 bridgehead atoms. The van der Waals surface area contributed by atoms with Crippen LogP contribution in [0.4, 0.5) is 11.4 Å². The van der Waals surface area contributed by atoms with Crippen molar-refractivity contribution >= 4 is 43.2 Å². The number of rotatable bonds is 5. The molecular formula is C19H21BrN2O4S. The molecule has 1 amide bonds. The molecule has 27 heavy (non-hydrogen) atoms. The van der Waals surface area contributed by atoms with Gasteiger partial charge in [0, 0.05) is 23.1 Å². The first-order valence-electron chi connectivity index (χ1n) is 8.61. The normalized spacial score (nSPS) is 16.1. The summed E-state index contributed by atoms with van der Waals surface area (Å²) in [6, 6.07) is 10.0. The lowest BCUT2D eigenvalue weighted by molar-refractivity contribution is -0.116. The lowest BCUT2D eigenvalue weighted by atomic mass is 10.1. The van der Waals surface area contributed by atoms with E-state index in [1.165, 1.54) is 13.0 Å². The van der Waals surface area contributed by atoms with Crippen LogP contribution < -0.4 is 14.4 Å². The number of nitrogens with one attached hydrogen (secondary N) is 1. The van der Waals surface area contributed by atoms with Gasteiger partial charge in [-0.05, 0) is 62.2 Å². The fourth-order valence-electron chi connectivity index (χ4n) is 3.36. The highest BCUT2D eigenvalue weighted by atomic mass is 79.9. The van der Waals surface area contributed by atoms with Gasteiger partial charge in [-0.1, -0.05) is 15.9 Å². The molecule has 3 rings (SSSR count). The molecule has 1 aliphatic rings.